The summed E-state index contributed by atoms with van der Waals surface area (Å²) < 4.78 is 0. The Balaban J connectivity index is 4.27. The van der Waals surface area contributed by atoms with Gasteiger partial charge in [0.25, 0.3) is 0 Å². The zero-order chi connectivity index (χ0) is 18.5. The summed E-state index contributed by atoms with van der Waals surface area (Å²) in [5, 5.41) is 0. The lowest BCUT2D eigenvalue weighted by molar-refractivity contribution is 0.586. The van der Waals surface area contributed by atoms with Crippen LogP contribution in [0.1, 0.15) is 65.7 Å². The molecule has 0 fully saturated rings. The van der Waals surface area contributed by atoms with Crippen molar-refractivity contribution in [3.05, 3.63) is 73.4 Å². The van der Waals surface area contributed by atoms with E-state index in [1.165, 1.54) is 24.8 Å². The van der Waals surface area contributed by atoms with E-state index in [0.29, 0.717) is 5.92 Å². The monoisotopic (exact) mass is 326 g/mol. The Hall–Kier alpha value is -1.56. The molecule has 0 nitrogen and oxygen atoms in total. The van der Waals surface area contributed by atoms with Crippen molar-refractivity contribution in [2.45, 2.75) is 65.7 Å². The van der Waals surface area contributed by atoms with Gasteiger partial charge in [0.2, 0.25) is 0 Å². The normalized spacial score (nSPS) is 12.3. The molecule has 134 valence electrons. The van der Waals surface area contributed by atoms with Gasteiger partial charge in [0.05, 0.1) is 0 Å². The highest BCUT2D eigenvalue weighted by Crippen LogP contribution is 2.27. The van der Waals surface area contributed by atoms with Crippen molar-refractivity contribution in [3.63, 3.8) is 0 Å². The van der Waals surface area contributed by atoms with Crippen molar-refractivity contribution in [2.75, 3.05) is 0 Å². The molecular formula is C24H38. The first kappa shape index (κ1) is 22.4. The standard InChI is InChI=1S/C24H38/c1-9-10-11-12-13-14-20(4)16-18-22(6)24(8)23(7)21(5)17-15-19(2)3/h9,16,18-19,22H,1,4-5,7-8,10-15,17H2,2-3,6H3/b18-16+/t22-/m0/s1. The van der Waals surface area contributed by atoms with Crippen LogP contribution in [-0.4, -0.2) is 0 Å². The van der Waals surface area contributed by atoms with Crippen LogP contribution in [-0.2, 0) is 0 Å². The molecule has 0 aromatic rings. The van der Waals surface area contributed by atoms with E-state index in [-0.39, 0.29) is 5.92 Å². The van der Waals surface area contributed by atoms with Crippen LogP contribution >= 0.6 is 0 Å². The number of hydrogen-bond donors (Lipinski definition) is 0. The lowest BCUT2D eigenvalue weighted by Crippen LogP contribution is -2.01. The third-order valence-corrected chi connectivity index (χ3v) is 4.41. The highest BCUT2D eigenvalue weighted by Gasteiger charge is 2.10. The van der Waals surface area contributed by atoms with E-state index in [2.05, 4.69) is 65.8 Å². The van der Waals surface area contributed by atoms with Crippen molar-refractivity contribution >= 4 is 0 Å². The third kappa shape index (κ3) is 10.3. The summed E-state index contributed by atoms with van der Waals surface area (Å²) in [7, 11) is 0. The van der Waals surface area contributed by atoms with Gasteiger partial charge < -0.3 is 0 Å². The highest BCUT2D eigenvalue weighted by atomic mass is 14.2. The van der Waals surface area contributed by atoms with E-state index in [0.717, 1.165) is 42.4 Å². The number of hydrogen-bond acceptors (Lipinski definition) is 0. The first-order valence-corrected chi connectivity index (χ1v) is 9.32. The SMILES string of the molecule is C=CCCCCCC(=C)/C=C/[C@H](C)C(=C)C(=C)C(=C)CCC(C)C. The second-order valence-electron chi connectivity index (χ2n) is 7.23. The van der Waals surface area contributed by atoms with Crippen molar-refractivity contribution in [3.8, 4) is 0 Å². The second-order valence-corrected chi connectivity index (χ2v) is 7.23. The average molecular weight is 327 g/mol. The maximum atomic E-state index is 4.23. The number of rotatable bonds is 14. The molecule has 0 heterocycles. The minimum Gasteiger partial charge on any atom is -0.103 e. The van der Waals surface area contributed by atoms with Gasteiger partial charge in [0.1, 0.15) is 0 Å². The molecule has 0 bridgehead atoms. The molecule has 0 aromatic heterocycles. The minimum absolute atomic E-state index is 0.269. The average Bonchev–Trinajstić information content (AvgIpc) is 2.55. The largest absolute Gasteiger partial charge is 0.103 e. The van der Waals surface area contributed by atoms with Gasteiger partial charge in [-0.25, -0.2) is 0 Å². The van der Waals surface area contributed by atoms with E-state index in [4.69, 9.17) is 0 Å². The molecule has 0 saturated carbocycles. The summed E-state index contributed by atoms with van der Waals surface area (Å²) in [6, 6.07) is 0. The van der Waals surface area contributed by atoms with Crippen LogP contribution in [0.2, 0.25) is 0 Å². The van der Waals surface area contributed by atoms with Crippen molar-refractivity contribution in [1.29, 1.82) is 0 Å². The van der Waals surface area contributed by atoms with E-state index in [1.54, 1.807) is 0 Å². The number of unbranched alkanes of at least 4 members (excludes halogenated alkanes) is 3. The van der Waals surface area contributed by atoms with Crippen LogP contribution in [0.25, 0.3) is 0 Å². The van der Waals surface area contributed by atoms with Gasteiger partial charge in [-0.05, 0) is 67.1 Å². The van der Waals surface area contributed by atoms with Crippen LogP contribution in [0.4, 0.5) is 0 Å². The van der Waals surface area contributed by atoms with Crippen LogP contribution in [0.15, 0.2) is 73.4 Å². The van der Waals surface area contributed by atoms with Gasteiger partial charge in [-0.2, -0.15) is 0 Å². The quantitative estimate of drug-likeness (QED) is 0.172. The van der Waals surface area contributed by atoms with Crippen molar-refractivity contribution in [2.24, 2.45) is 11.8 Å². The van der Waals surface area contributed by atoms with Crippen molar-refractivity contribution < 1.29 is 0 Å². The Morgan fingerprint density at radius 3 is 2.17 bits per heavy atom. The molecule has 0 rings (SSSR count). The molecule has 1 atom stereocenters. The van der Waals surface area contributed by atoms with E-state index < -0.39 is 0 Å². The molecule has 0 radical (unpaired) electrons. The van der Waals surface area contributed by atoms with E-state index in [9.17, 15) is 0 Å². The molecule has 24 heavy (non-hydrogen) atoms. The first-order valence-electron chi connectivity index (χ1n) is 9.32. The maximum absolute atomic E-state index is 4.23. The Bertz CT molecular complexity index is 470. The fourth-order valence-electron chi connectivity index (χ4n) is 2.41. The molecular weight excluding hydrogens is 288 g/mol. The Labute approximate surface area is 151 Å². The molecule has 0 aromatic carbocycles. The van der Waals surface area contributed by atoms with Gasteiger partial charge >= 0.3 is 0 Å². The molecule has 0 amide bonds. The lowest BCUT2D eigenvalue weighted by Gasteiger charge is -2.17. The van der Waals surface area contributed by atoms with E-state index in [1.807, 2.05) is 6.08 Å². The van der Waals surface area contributed by atoms with Crippen LogP contribution < -0.4 is 0 Å². The van der Waals surface area contributed by atoms with Crippen LogP contribution in [0.3, 0.4) is 0 Å². The molecule has 0 N–H and O–H groups in total. The summed E-state index contributed by atoms with van der Waals surface area (Å²) in [6.45, 7) is 27.1. The molecule has 0 heteroatoms. The Morgan fingerprint density at radius 1 is 0.917 bits per heavy atom. The van der Waals surface area contributed by atoms with Gasteiger partial charge in [0.15, 0.2) is 0 Å². The predicted octanol–water partition coefficient (Wildman–Crippen LogP) is 7.98. The summed E-state index contributed by atoms with van der Waals surface area (Å²) in [4.78, 5) is 0. The van der Waals surface area contributed by atoms with Gasteiger partial charge in [0, 0.05) is 0 Å². The predicted molar refractivity (Wildman–Crippen MR) is 112 cm³/mol. The van der Waals surface area contributed by atoms with Gasteiger partial charge in [-0.3, -0.25) is 0 Å². The highest BCUT2D eigenvalue weighted by molar-refractivity contribution is 5.44. The summed E-state index contributed by atoms with van der Waals surface area (Å²) in [5.41, 5.74) is 4.40. The van der Waals surface area contributed by atoms with Crippen molar-refractivity contribution in [1.82, 2.24) is 0 Å². The fraction of sp³-hybridized carbons (Fsp3) is 0.500. The zero-order valence-corrected chi connectivity index (χ0v) is 16.4. The summed E-state index contributed by atoms with van der Waals surface area (Å²) in [5.74, 6) is 0.959. The summed E-state index contributed by atoms with van der Waals surface area (Å²) >= 11 is 0. The smallest absolute Gasteiger partial charge is 0.000728 e. The molecule has 0 saturated heterocycles. The molecule has 0 aliphatic carbocycles. The second kappa shape index (κ2) is 12.8. The summed E-state index contributed by atoms with van der Waals surface area (Å²) in [6.07, 6.45) is 14.3. The van der Waals surface area contributed by atoms with Crippen LogP contribution in [0.5, 0.6) is 0 Å². The minimum atomic E-state index is 0.269. The topological polar surface area (TPSA) is 0 Å². The van der Waals surface area contributed by atoms with Crippen LogP contribution in [0, 0.1) is 11.8 Å². The Morgan fingerprint density at radius 2 is 1.58 bits per heavy atom. The Kier molecular flexibility index (Phi) is 12.0. The zero-order valence-electron chi connectivity index (χ0n) is 16.4. The molecule has 0 unspecified atom stereocenters. The van der Waals surface area contributed by atoms with Gasteiger partial charge in [-0.15, -0.1) is 6.58 Å². The van der Waals surface area contributed by atoms with Gasteiger partial charge in [-0.1, -0.05) is 77.3 Å². The maximum Gasteiger partial charge on any atom is -0.000728 e. The lowest BCUT2D eigenvalue weighted by atomic mass is 9.88. The molecule has 0 spiro atoms. The number of allylic oxidation sites excluding steroid dienone is 7. The third-order valence-electron chi connectivity index (χ3n) is 4.41. The first-order chi connectivity index (χ1) is 11.3. The molecule has 0 aliphatic heterocycles. The molecule has 0 aliphatic rings. The van der Waals surface area contributed by atoms with E-state index >= 15 is 0 Å². The fourth-order valence-corrected chi connectivity index (χ4v) is 2.41.